The molecule has 2 N–H and O–H groups in total. The lowest BCUT2D eigenvalue weighted by Gasteiger charge is -2.14. The van der Waals surface area contributed by atoms with E-state index in [4.69, 9.17) is 0 Å². The molecule has 1 aromatic carbocycles. The fourth-order valence-electron chi connectivity index (χ4n) is 2.26. The van der Waals surface area contributed by atoms with Gasteiger partial charge in [-0.05, 0) is 24.2 Å². The summed E-state index contributed by atoms with van der Waals surface area (Å²) >= 11 is 0. The molecule has 1 heterocycles. The predicted molar refractivity (Wildman–Crippen MR) is 67.9 cm³/mol. The van der Waals surface area contributed by atoms with E-state index in [0.717, 1.165) is 16.8 Å². The van der Waals surface area contributed by atoms with Crippen molar-refractivity contribution in [1.29, 1.82) is 0 Å². The molecular formula is C13H16N2O3. The first-order chi connectivity index (χ1) is 8.54. The fourth-order valence-corrected chi connectivity index (χ4v) is 2.26. The maximum atomic E-state index is 11.6. The number of carboxylic acid groups (broad SMARTS) is 1. The number of fused-ring (bicyclic) bond motifs is 1. The first-order valence-corrected chi connectivity index (χ1v) is 5.81. The molecule has 1 unspecified atom stereocenters. The number of rotatable bonds is 4. The van der Waals surface area contributed by atoms with Gasteiger partial charge in [0, 0.05) is 19.3 Å². The lowest BCUT2D eigenvalue weighted by Crippen LogP contribution is -2.24. The van der Waals surface area contributed by atoms with Gasteiger partial charge in [0.2, 0.25) is 5.91 Å². The van der Waals surface area contributed by atoms with Crippen molar-refractivity contribution in [2.24, 2.45) is 0 Å². The summed E-state index contributed by atoms with van der Waals surface area (Å²) in [5, 5.41) is 12.1. The summed E-state index contributed by atoms with van der Waals surface area (Å²) in [4.78, 5) is 24.4. The minimum absolute atomic E-state index is 0.0441. The third kappa shape index (κ3) is 2.09. The second kappa shape index (κ2) is 4.78. The first kappa shape index (κ1) is 12.6. The van der Waals surface area contributed by atoms with Crippen LogP contribution in [0, 0.1) is 0 Å². The number of anilines is 1. The summed E-state index contributed by atoms with van der Waals surface area (Å²) in [7, 11) is 3.46. The predicted octanol–water partition coefficient (Wildman–Crippen LogP) is 0.593. The highest BCUT2D eigenvalue weighted by molar-refractivity contribution is 6.01. The molecule has 0 spiro atoms. The summed E-state index contributed by atoms with van der Waals surface area (Å²) in [6.45, 7) is 0.373. The number of aliphatic carboxylic acids is 1. The van der Waals surface area contributed by atoms with Crippen molar-refractivity contribution in [2.75, 3.05) is 25.5 Å². The topological polar surface area (TPSA) is 69.6 Å². The molecule has 0 aliphatic carbocycles. The number of carboxylic acids is 1. The summed E-state index contributed by atoms with van der Waals surface area (Å²) < 4.78 is 0. The first-order valence-electron chi connectivity index (χ1n) is 5.81. The van der Waals surface area contributed by atoms with Gasteiger partial charge in [-0.1, -0.05) is 12.1 Å². The molecule has 0 saturated heterocycles. The van der Waals surface area contributed by atoms with Crippen molar-refractivity contribution in [3.63, 3.8) is 0 Å². The van der Waals surface area contributed by atoms with E-state index in [9.17, 15) is 14.7 Å². The highest BCUT2D eigenvalue weighted by Gasteiger charge is 2.26. The van der Waals surface area contributed by atoms with Crippen molar-refractivity contribution in [3.05, 3.63) is 29.3 Å². The number of carbonyl (C=O) groups excluding carboxylic acids is 1. The van der Waals surface area contributed by atoms with Gasteiger partial charge in [0.25, 0.3) is 0 Å². The van der Waals surface area contributed by atoms with Gasteiger partial charge >= 0.3 is 5.97 Å². The van der Waals surface area contributed by atoms with Gasteiger partial charge in [-0.3, -0.25) is 9.59 Å². The molecule has 0 aromatic heterocycles. The molecule has 0 fully saturated rings. The zero-order valence-corrected chi connectivity index (χ0v) is 10.4. The van der Waals surface area contributed by atoms with Crippen LogP contribution >= 0.6 is 0 Å². The second-order valence-corrected chi connectivity index (χ2v) is 4.47. The molecule has 2 rings (SSSR count). The van der Waals surface area contributed by atoms with Crippen LogP contribution < -0.4 is 10.2 Å². The standard InChI is InChI=1S/C13H16N2O3/c1-14-7-10(13(17)18)8-3-4-11-9(5-8)6-12(16)15(11)2/h3-5,10,14H,6-7H2,1-2H3,(H,17,18). The van der Waals surface area contributed by atoms with Crippen LogP contribution in [0.3, 0.4) is 0 Å². The largest absolute Gasteiger partial charge is 0.481 e. The van der Waals surface area contributed by atoms with Gasteiger partial charge < -0.3 is 15.3 Å². The zero-order valence-electron chi connectivity index (χ0n) is 10.4. The molecule has 96 valence electrons. The van der Waals surface area contributed by atoms with E-state index >= 15 is 0 Å². The van der Waals surface area contributed by atoms with Gasteiger partial charge in [-0.25, -0.2) is 0 Å². The smallest absolute Gasteiger partial charge is 0.312 e. The number of likely N-dealkylation sites (N-methyl/N-ethyl adjacent to an activating group) is 2. The lowest BCUT2D eigenvalue weighted by molar-refractivity contribution is -0.138. The van der Waals surface area contributed by atoms with Gasteiger partial charge in [0.15, 0.2) is 0 Å². The van der Waals surface area contributed by atoms with Crippen LogP contribution in [0.2, 0.25) is 0 Å². The van der Waals surface area contributed by atoms with Crippen molar-refractivity contribution < 1.29 is 14.7 Å². The normalized spacial score (nSPS) is 15.7. The molecule has 0 saturated carbocycles. The summed E-state index contributed by atoms with van der Waals surface area (Å²) in [6.07, 6.45) is 0.353. The molecule has 0 radical (unpaired) electrons. The Kier molecular flexibility index (Phi) is 3.34. The SMILES string of the molecule is CNCC(C(=O)O)c1ccc2c(c1)CC(=O)N2C. The van der Waals surface area contributed by atoms with Gasteiger partial charge in [0.05, 0.1) is 12.3 Å². The highest BCUT2D eigenvalue weighted by Crippen LogP contribution is 2.30. The van der Waals surface area contributed by atoms with Gasteiger partial charge in [-0.15, -0.1) is 0 Å². The summed E-state index contributed by atoms with van der Waals surface area (Å²) in [5.74, 6) is -1.40. The molecule has 18 heavy (non-hydrogen) atoms. The lowest BCUT2D eigenvalue weighted by atomic mass is 9.96. The minimum Gasteiger partial charge on any atom is -0.481 e. The molecule has 1 aromatic rings. The number of amides is 1. The van der Waals surface area contributed by atoms with E-state index < -0.39 is 11.9 Å². The number of hydrogen-bond acceptors (Lipinski definition) is 3. The van der Waals surface area contributed by atoms with E-state index in [1.54, 1.807) is 25.1 Å². The van der Waals surface area contributed by atoms with Crippen LogP contribution in [0.15, 0.2) is 18.2 Å². The van der Waals surface area contributed by atoms with Crippen LogP contribution in [0.1, 0.15) is 17.0 Å². The third-order valence-corrected chi connectivity index (χ3v) is 3.29. The van der Waals surface area contributed by atoms with E-state index in [1.807, 2.05) is 12.1 Å². The molecule has 1 atom stereocenters. The molecule has 1 aliphatic heterocycles. The van der Waals surface area contributed by atoms with Crippen LogP contribution in [-0.2, 0) is 16.0 Å². The molecule has 0 bridgehead atoms. The van der Waals surface area contributed by atoms with Gasteiger partial charge in [0.1, 0.15) is 0 Å². The minimum atomic E-state index is -0.859. The van der Waals surface area contributed by atoms with Crippen molar-refractivity contribution in [2.45, 2.75) is 12.3 Å². The maximum Gasteiger partial charge on any atom is 0.312 e. The van der Waals surface area contributed by atoms with Crippen molar-refractivity contribution >= 4 is 17.6 Å². The average molecular weight is 248 g/mol. The van der Waals surface area contributed by atoms with E-state index in [1.165, 1.54) is 0 Å². The summed E-state index contributed by atoms with van der Waals surface area (Å²) in [6, 6.07) is 5.43. The molecule has 1 amide bonds. The van der Waals surface area contributed by atoms with E-state index in [2.05, 4.69) is 5.32 Å². The molecule has 5 nitrogen and oxygen atoms in total. The molecular weight excluding hydrogens is 232 g/mol. The van der Waals surface area contributed by atoms with E-state index in [-0.39, 0.29) is 5.91 Å². The third-order valence-electron chi connectivity index (χ3n) is 3.29. The van der Waals surface area contributed by atoms with Crippen LogP contribution in [0.4, 0.5) is 5.69 Å². The number of nitrogens with one attached hydrogen (secondary N) is 1. The van der Waals surface area contributed by atoms with E-state index in [0.29, 0.717) is 13.0 Å². The number of hydrogen-bond donors (Lipinski definition) is 2. The Labute approximate surface area is 105 Å². The Hall–Kier alpha value is -1.88. The number of carbonyl (C=O) groups is 2. The Balaban J connectivity index is 2.35. The maximum absolute atomic E-state index is 11.6. The Morgan fingerprint density at radius 3 is 2.89 bits per heavy atom. The average Bonchev–Trinajstić information content (AvgIpc) is 2.61. The Bertz CT molecular complexity index is 499. The highest BCUT2D eigenvalue weighted by atomic mass is 16.4. The zero-order chi connectivity index (χ0) is 13.3. The monoisotopic (exact) mass is 248 g/mol. The van der Waals surface area contributed by atoms with Gasteiger partial charge in [-0.2, -0.15) is 0 Å². The Morgan fingerprint density at radius 1 is 1.56 bits per heavy atom. The Morgan fingerprint density at radius 2 is 2.28 bits per heavy atom. The molecule has 1 aliphatic rings. The van der Waals surface area contributed by atoms with Crippen LogP contribution in [-0.4, -0.2) is 37.6 Å². The molecule has 5 heteroatoms. The van der Waals surface area contributed by atoms with Crippen LogP contribution in [0.25, 0.3) is 0 Å². The number of nitrogens with zero attached hydrogens (tertiary/aromatic N) is 1. The summed E-state index contributed by atoms with van der Waals surface area (Å²) in [5.41, 5.74) is 2.51. The van der Waals surface area contributed by atoms with Crippen LogP contribution in [0.5, 0.6) is 0 Å². The van der Waals surface area contributed by atoms with Crippen molar-refractivity contribution in [3.8, 4) is 0 Å². The quantitative estimate of drug-likeness (QED) is 0.818. The number of benzene rings is 1. The fraction of sp³-hybridized carbons (Fsp3) is 0.385. The second-order valence-electron chi connectivity index (χ2n) is 4.47. The van der Waals surface area contributed by atoms with Crippen molar-refractivity contribution in [1.82, 2.24) is 5.32 Å².